The molecule has 0 amide bonds. The summed E-state index contributed by atoms with van der Waals surface area (Å²) < 4.78 is 0. The number of nitrogens with zero attached hydrogens (tertiary/aromatic N) is 1. The molecule has 2 nitrogen and oxygen atoms in total. The van der Waals surface area contributed by atoms with Crippen molar-refractivity contribution >= 4 is 11.3 Å². The van der Waals surface area contributed by atoms with Crippen molar-refractivity contribution in [1.29, 1.82) is 0 Å². The molecule has 78 valence electrons. The molecule has 1 fully saturated rings. The molecule has 1 aromatic heterocycles. The maximum Gasteiger partial charge on any atom is 0.113 e. The predicted molar refractivity (Wildman–Crippen MR) is 60.6 cm³/mol. The van der Waals surface area contributed by atoms with Crippen LogP contribution in [0, 0.1) is 12.8 Å². The van der Waals surface area contributed by atoms with Gasteiger partial charge in [0.1, 0.15) is 5.01 Å². The molecule has 2 rings (SSSR count). The zero-order valence-corrected chi connectivity index (χ0v) is 9.95. The molecule has 1 heterocycles. The van der Waals surface area contributed by atoms with Crippen LogP contribution in [-0.4, -0.2) is 11.5 Å². The Labute approximate surface area is 89.8 Å². The summed E-state index contributed by atoms with van der Waals surface area (Å²) in [7, 11) is 0. The van der Waals surface area contributed by atoms with Crippen LogP contribution in [0.5, 0.6) is 0 Å². The van der Waals surface area contributed by atoms with Crippen LogP contribution < -0.4 is 5.32 Å². The van der Waals surface area contributed by atoms with E-state index in [1.165, 1.54) is 17.8 Å². The van der Waals surface area contributed by atoms with Gasteiger partial charge in [0, 0.05) is 11.1 Å². The minimum absolute atomic E-state index is 0.133. The molecule has 0 aromatic carbocycles. The van der Waals surface area contributed by atoms with Crippen molar-refractivity contribution in [3.05, 3.63) is 16.1 Å². The predicted octanol–water partition coefficient (Wildman–Crippen LogP) is 2.69. The first-order valence-corrected chi connectivity index (χ1v) is 6.22. The van der Waals surface area contributed by atoms with E-state index >= 15 is 0 Å². The normalized spacial score (nSPS) is 20.8. The lowest BCUT2D eigenvalue weighted by Crippen LogP contribution is -2.41. The van der Waals surface area contributed by atoms with Gasteiger partial charge in [-0.2, -0.15) is 0 Å². The average Bonchev–Trinajstić information content (AvgIpc) is 2.90. The van der Waals surface area contributed by atoms with E-state index < -0.39 is 0 Å². The maximum absolute atomic E-state index is 4.62. The number of rotatable bonds is 4. The Kier molecular flexibility index (Phi) is 2.62. The molecule has 1 atom stereocenters. The third kappa shape index (κ3) is 1.71. The minimum atomic E-state index is 0.133. The van der Waals surface area contributed by atoms with Gasteiger partial charge in [0.05, 0.1) is 5.54 Å². The number of hydrogen-bond donors (Lipinski definition) is 1. The van der Waals surface area contributed by atoms with E-state index in [1.807, 2.05) is 0 Å². The minimum Gasteiger partial charge on any atom is -0.306 e. The topological polar surface area (TPSA) is 24.9 Å². The van der Waals surface area contributed by atoms with Crippen LogP contribution in [0.3, 0.4) is 0 Å². The second kappa shape index (κ2) is 3.63. The van der Waals surface area contributed by atoms with Gasteiger partial charge in [0.15, 0.2) is 0 Å². The van der Waals surface area contributed by atoms with Gasteiger partial charge in [-0.3, -0.25) is 0 Å². The van der Waals surface area contributed by atoms with Gasteiger partial charge in [-0.25, -0.2) is 4.98 Å². The van der Waals surface area contributed by atoms with Gasteiger partial charge < -0.3 is 5.32 Å². The van der Waals surface area contributed by atoms with Crippen LogP contribution in [0.25, 0.3) is 0 Å². The smallest absolute Gasteiger partial charge is 0.113 e. The van der Waals surface area contributed by atoms with Crippen molar-refractivity contribution < 1.29 is 0 Å². The Bertz CT molecular complexity index is 317. The molecular weight excluding hydrogens is 192 g/mol. The van der Waals surface area contributed by atoms with Crippen LogP contribution in [0.2, 0.25) is 0 Å². The van der Waals surface area contributed by atoms with Crippen molar-refractivity contribution in [2.45, 2.75) is 39.2 Å². The Hall–Kier alpha value is -0.410. The highest BCUT2D eigenvalue weighted by Gasteiger charge is 2.44. The third-order valence-electron chi connectivity index (χ3n) is 3.00. The Balaban J connectivity index is 2.25. The van der Waals surface area contributed by atoms with E-state index in [-0.39, 0.29) is 5.54 Å². The molecular formula is C11H18N2S. The summed E-state index contributed by atoms with van der Waals surface area (Å²) in [6, 6.07) is 0. The standard InChI is InChI=1S/C11H18N2S/c1-4-12-11(3,9-5-6-9)10-13-8(2)7-14-10/h7,9,12H,4-6H2,1-3H3. The highest BCUT2D eigenvalue weighted by Crippen LogP contribution is 2.46. The number of nitrogens with one attached hydrogen (secondary N) is 1. The monoisotopic (exact) mass is 210 g/mol. The maximum atomic E-state index is 4.62. The summed E-state index contributed by atoms with van der Waals surface area (Å²) in [5.74, 6) is 0.799. The zero-order chi connectivity index (χ0) is 10.2. The molecule has 14 heavy (non-hydrogen) atoms. The largest absolute Gasteiger partial charge is 0.306 e. The van der Waals surface area contributed by atoms with Gasteiger partial charge in [0.25, 0.3) is 0 Å². The lowest BCUT2D eigenvalue weighted by Gasteiger charge is -2.28. The van der Waals surface area contributed by atoms with Crippen molar-refractivity contribution in [1.82, 2.24) is 10.3 Å². The number of aromatic nitrogens is 1. The van der Waals surface area contributed by atoms with E-state index in [9.17, 15) is 0 Å². The molecule has 0 bridgehead atoms. The Morgan fingerprint density at radius 2 is 2.36 bits per heavy atom. The molecule has 1 N–H and O–H groups in total. The first-order valence-electron chi connectivity index (χ1n) is 5.34. The molecule has 3 heteroatoms. The van der Waals surface area contributed by atoms with Crippen molar-refractivity contribution in [2.75, 3.05) is 6.54 Å². The Morgan fingerprint density at radius 1 is 1.64 bits per heavy atom. The highest BCUT2D eigenvalue weighted by atomic mass is 32.1. The summed E-state index contributed by atoms with van der Waals surface area (Å²) in [5, 5.41) is 7.01. The van der Waals surface area contributed by atoms with Gasteiger partial charge in [-0.1, -0.05) is 6.92 Å². The van der Waals surface area contributed by atoms with Crippen LogP contribution in [0.15, 0.2) is 5.38 Å². The lowest BCUT2D eigenvalue weighted by molar-refractivity contribution is 0.324. The van der Waals surface area contributed by atoms with E-state index in [2.05, 4.69) is 36.5 Å². The quantitative estimate of drug-likeness (QED) is 0.826. The van der Waals surface area contributed by atoms with Crippen LogP contribution in [0.4, 0.5) is 0 Å². The van der Waals surface area contributed by atoms with E-state index in [0.29, 0.717) is 0 Å². The van der Waals surface area contributed by atoms with Gasteiger partial charge in [-0.15, -0.1) is 11.3 Å². The van der Waals surface area contributed by atoms with Crippen LogP contribution in [0.1, 0.15) is 37.4 Å². The molecule has 1 aromatic rings. The molecule has 1 saturated carbocycles. The molecule has 0 saturated heterocycles. The fraction of sp³-hybridized carbons (Fsp3) is 0.727. The van der Waals surface area contributed by atoms with Gasteiger partial charge >= 0.3 is 0 Å². The molecule has 1 aliphatic carbocycles. The summed E-state index contributed by atoms with van der Waals surface area (Å²) in [5.41, 5.74) is 1.28. The van der Waals surface area contributed by atoms with E-state index in [1.54, 1.807) is 11.3 Å². The van der Waals surface area contributed by atoms with Crippen molar-refractivity contribution in [3.63, 3.8) is 0 Å². The average molecular weight is 210 g/mol. The zero-order valence-electron chi connectivity index (χ0n) is 9.13. The summed E-state index contributed by atoms with van der Waals surface area (Å²) in [4.78, 5) is 4.62. The fourth-order valence-corrected chi connectivity index (χ4v) is 3.03. The third-order valence-corrected chi connectivity index (χ3v) is 4.20. The van der Waals surface area contributed by atoms with Crippen LogP contribution >= 0.6 is 11.3 Å². The number of aryl methyl sites for hydroxylation is 1. The highest BCUT2D eigenvalue weighted by molar-refractivity contribution is 7.09. The number of hydrogen-bond acceptors (Lipinski definition) is 3. The molecule has 1 aliphatic rings. The lowest BCUT2D eigenvalue weighted by atomic mass is 9.96. The van der Waals surface area contributed by atoms with Crippen molar-refractivity contribution in [2.24, 2.45) is 5.92 Å². The SMILES string of the molecule is CCNC(C)(c1nc(C)cs1)C1CC1. The van der Waals surface area contributed by atoms with Crippen molar-refractivity contribution in [3.8, 4) is 0 Å². The summed E-state index contributed by atoms with van der Waals surface area (Å²) >= 11 is 1.79. The number of thiazole rings is 1. The Morgan fingerprint density at radius 3 is 2.79 bits per heavy atom. The fourth-order valence-electron chi connectivity index (χ4n) is 2.01. The second-order valence-electron chi connectivity index (χ2n) is 4.30. The first kappa shape index (κ1) is 10.1. The van der Waals surface area contributed by atoms with Gasteiger partial charge in [0.2, 0.25) is 0 Å². The second-order valence-corrected chi connectivity index (χ2v) is 5.16. The molecule has 1 unspecified atom stereocenters. The molecule has 0 spiro atoms. The van der Waals surface area contributed by atoms with E-state index in [4.69, 9.17) is 0 Å². The molecule has 0 aliphatic heterocycles. The first-order chi connectivity index (χ1) is 6.66. The summed E-state index contributed by atoms with van der Waals surface area (Å²) in [6.07, 6.45) is 2.70. The summed E-state index contributed by atoms with van der Waals surface area (Å²) in [6.45, 7) is 7.55. The molecule has 0 radical (unpaired) electrons. The van der Waals surface area contributed by atoms with E-state index in [0.717, 1.165) is 18.2 Å². The van der Waals surface area contributed by atoms with Crippen LogP contribution in [-0.2, 0) is 5.54 Å². The van der Waals surface area contributed by atoms with Gasteiger partial charge in [-0.05, 0) is 39.2 Å².